The number of carbonyl (C=O) groups is 1. The number of carbonyl (C=O) groups excluding carboxylic acids is 1. The Morgan fingerprint density at radius 1 is 1.09 bits per heavy atom. The van der Waals surface area contributed by atoms with E-state index in [0.29, 0.717) is 12.8 Å². The number of hydrazine groups is 1. The summed E-state index contributed by atoms with van der Waals surface area (Å²) in [6.07, 6.45) is 0.709. The second-order valence-corrected chi connectivity index (χ2v) is 4.35. The van der Waals surface area contributed by atoms with Crippen molar-refractivity contribution in [2.45, 2.75) is 12.8 Å². The fourth-order valence-corrected chi connectivity index (χ4v) is 1.69. The molecule has 10 heteroatoms. The minimum atomic E-state index is -0.946. The first-order valence-electron chi connectivity index (χ1n) is 6.87. The van der Waals surface area contributed by atoms with Gasteiger partial charge in [-0.1, -0.05) is 0 Å². The summed E-state index contributed by atoms with van der Waals surface area (Å²) in [6, 6.07) is 1.76. The van der Waals surface area contributed by atoms with Crippen molar-refractivity contribution < 1.29 is 28.5 Å². The Morgan fingerprint density at radius 2 is 1.57 bits per heavy atom. The van der Waals surface area contributed by atoms with Gasteiger partial charge in [0, 0.05) is 20.8 Å². The van der Waals surface area contributed by atoms with Crippen molar-refractivity contribution in [3.05, 3.63) is 0 Å². The maximum absolute atomic E-state index is 12.2. The Morgan fingerprint density at radius 3 is 1.91 bits per heavy atom. The average molecular weight is 336 g/mol. The molecule has 0 aliphatic rings. The zero-order valence-electron chi connectivity index (χ0n) is 13.8. The third-order valence-electron chi connectivity index (χ3n) is 2.94. The highest BCUT2D eigenvalue weighted by Gasteiger charge is 2.38. The zero-order chi connectivity index (χ0) is 18.0. The molecule has 0 atom stereocenters. The van der Waals surface area contributed by atoms with Crippen LogP contribution in [-0.4, -0.2) is 60.1 Å². The van der Waals surface area contributed by atoms with Crippen molar-refractivity contribution in [2.75, 3.05) is 54.2 Å². The largest absolute Gasteiger partial charge is 0.450 e. The van der Waals surface area contributed by atoms with Crippen LogP contribution in [0.15, 0.2) is 0 Å². The van der Waals surface area contributed by atoms with Crippen molar-refractivity contribution in [2.24, 2.45) is 22.8 Å². The molecule has 0 radical (unpaired) electrons. The van der Waals surface area contributed by atoms with Crippen LogP contribution in [0, 0.1) is 16.7 Å². The molecule has 0 heterocycles. The van der Waals surface area contributed by atoms with E-state index in [-0.39, 0.29) is 40.0 Å². The van der Waals surface area contributed by atoms with Crippen LogP contribution in [-0.2, 0) is 28.5 Å². The fourth-order valence-electron chi connectivity index (χ4n) is 1.69. The third-order valence-corrected chi connectivity index (χ3v) is 2.94. The van der Waals surface area contributed by atoms with Gasteiger partial charge in [-0.25, -0.2) is 0 Å². The van der Waals surface area contributed by atoms with Gasteiger partial charge < -0.3 is 29.4 Å². The molecule has 0 aromatic rings. The lowest BCUT2D eigenvalue weighted by molar-refractivity contribution is -0.158. The highest BCUT2D eigenvalue weighted by atomic mass is 16.7. The predicted molar refractivity (Wildman–Crippen MR) is 81.3 cm³/mol. The fraction of sp³-hybridized carbons (Fsp3) is 0.846. The molecule has 0 amide bonds. The standard InChI is InChI=1S/C13H24N2O6.H4N2/c1-17-10-19-6-3-13(9-15,4-7-20-11-18-2)12(16)21-8-5-14;1-2/h3-4,6-11,15H2,1-2H3;1-2H2. The third kappa shape index (κ3) is 10.9. The zero-order valence-corrected chi connectivity index (χ0v) is 13.8. The molecule has 0 unspecified atom stereocenters. The van der Waals surface area contributed by atoms with E-state index in [1.807, 2.05) is 0 Å². The second kappa shape index (κ2) is 17.0. The molecule has 0 fully saturated rings. The molecule has 0 bridgehead atoms. The number of rotatable bonds is 13. The van der Waals surface area contributed by atoms with Gasteiger partial charge in [0.25, 0.3) is 0 Å². The summed E-state index contributed by atoms with van der Waals surface area (Å²) in [5.41, 5.74) is 4.81. The van der Waals surface area contributed by atoms with Crippen LogP contribution in [0.4, 0.5) is 0 Å². The number of nitriles is 1. The minimum Gasteiger partial charge on any atom is -0.450 e. The molecule has 0 aliphatic carbocycles. The first-order valence-corrected chi connectivity index (χ1v) is 6.87. The number of esters is 1. The molecule has 136 valence electrons. The first-order chi connectivity index (χ1) is 11.2. The van der Waals surface area contributed by atoms with E-state index >= 15 is 0 Å². The van der Waals surface area contributed by atoms with Crippen LogP contribution in [0.2, 0.25) is 0 Å². The maximum Gasteiger partial charge on any atom is 0.314 e. The van der Waals surface area contributed by atoms with Gasteiger partial charge in [0.2, 0.25) is 0 Å². The quantitative estimate of drug-likeness (QED) is 0.123. The van der Waals surface area contributed by atoms with Crippen LogP contribution in [0.25, 0.3) is 0 Å². The summed E-state index contributed by atoms with van der Waals surface area (Å²) in [7, 11) is 3.02. The average Bonchev–Trinajstić information content (AvgIpc) is 2.60. The molecule has 0 aliphatic heterocycles. The van der Waals surface area contributed by atoms with Crippen LogP contribution < -0.4 is 17.4 Å². The topological polar surface area (TPSA) is 165 Å². The summed E-state index contributed by atoms with van der Waals surface area (Å²) < 4.78 is 24.9. The van der Waals surface area contributed by atoms with Crippen molar-refractivity contribution in [1.82, 2.24) is 0 Å². The maximum atomic E-state index is 12.2. The molecule has 0 saturated heterocycles. The number of hydrogen-bond donors (Lipinski definition) is 3. The van der Waals surface area contributed by atoms with Gasteiger partial charge in [0.15, 0.2) is 6.61 Å². The number of nitrogens with zero attached hydrogens (tertiary/aromatic N) is 1. The molecule has 0 aromatic heterocycles. The van der Waals surface area contributed by atoms with E-state index in [1.165, 1.54) is 14.2 Å². The summed E-state index contributed by atoms with van der Waals surface area (Å²) in [5.74, 6) is 7.48. The lowest BCUT2D eigenvalue weighted by atomic mass is 9.81. The summed E-state index contributed by atoms with van der Waals surface area (Å²) in [6.45, 7) is 0.610. The van der Waals surface area contributed by atoms with Gasteiger partial charge in [-0.3, -0.25) is 16.5 Å². The minimum absolute atomic E-state index is 0.0734. The van der Waals surface area contributed by atoms with E-state index in [9.17, 15) is 4.79 Å². The van der Waals surface area contributed by atoms with E-state index in [2.05, 4.69) is 11.7 Å². The Hall–Kier alpha value is -1.32. The monoisotopic (exact) mass is 336 g/mol. The summed E-state index contributed by atoms with van der Waals surface area (Å²) in [4.78, 5) is 12.2. The van der Waals surface area contributed by atoms with Crippen LogP contribution >= 0.6 is 0 Å². The summed E-state index contributed by atoms with van der Waals surface area (Å²) >= 11 is 0. The number of nitrogens with two attached hydrogens (primary N) is 3. The van der Waals surface area contributed by atoms with E-state index in [4.69, 9.17) is 34.7 Å². The Balaban J connectivity index is 0. The Kier molecular flexibility index (Phi) is 17.7. The number of hydrogen-bond acceptors (Lipinski definition) is 10. The Bertz CT molecular complexity index is 312. The normalized spacial score (nSPS) is 10.4. The van der Waals surface area contributed by atoms with E-state index in [1.54, 1.807) is 6.07 Å². The van der Waals surface area contributed by atoms with Crippen molar-refractivity contribution in [3.8, 4) is 6.07 Å². The van der Waals surface area contributed by atoms with Gasteiger partial charge in [-0.05, 0) is 12.8 Å². The molecule has 10 nitrogen and oxygen atoms in total. The van der Waals surface area contributed by atoms with E-state index in [0.717, 1.165) is 0 Å². The van der Waals surface area contributed by atoms with Crippen LogP contribution in [0.1, 0.15) is 12.8 Å². The van der Waals surface area contributed by atoms with Crippen LogP contribution in [0.3, 0.4) is 0 Å². The molecule has 0 aromatic carbocycles. The SMILES string of the molecule is COCOCCC(CN)(CCOCOC)C(=O)OCC#N.NN. The van der Waals surface area contributed by atoms with Gasteiger partial charge in [0.1, 0.15) is 19.7 Å². The van der Waals surface area contributed by atoms with Gasteiger partial charge in [0.05, 0.1) is 18.6 Å². The predicted octanol–water partition coefficient (Wildman–Crippen LogP) is -1.16. The first kappa shape index (κ1) is 23.9. The molecule has 0 rings (SSSR count). The molecule has 0 saturated carbocycles. The number of ether oxygens (including phenoxy) is 5. The second-order valence-electron chi connectivity index (χ2n) is 4.35. The van der Waals surface area contributed by atoms with E-state index < -0.39 is 11.4 Å². The highest BCUT2D eigenvalue weighted by molar-refractivity contribution is 5.77. The van der Waals surface area contributed by atoms with Crippen molar-refractivity contribution in [1.29, 1.82) is 5.26 Å². The molecule has 6 N–H and O–H groups in total. The molecular weight excluding hydrogens is 308 g/mol. The summed E-state index contributed by atoms with van der Waals surface area (Å²) in [5, 5.41) is 8.50. The van der Waals surface area contributed by atoms with Gasteiger partial charge in [-0.2, -0.15) is 5.26 Å². The number of methoxy groups -OCH3 is 2. The van der Waals surface area contributed by atoms with Gasteiger partial charge >= 0.3 is 5.97 Å². The highest BCUT2D eigenvalue weighted by Crippen LogP contribution is 2.27. The van der Waals surface area contributed by atoms with Crippen molar-refractivity contribution in [3.63, 3.8) is 0 Å². The van der Waals surface area contributed by atoms with Crippen LogP contribution in [0.5, 0.6) is 0 Å². The smallest absolute Gasteiger partial charge is 0.314 e. The lowest BCUT2D eigenvalue weighted by Crippen LogP contribution is -2.42. The molecule has 0 spiro atoms. The van der Waals surface area contributed by atoms with Gasteiger partial charge in [-0.15, -0.1) is 0 Å². The Labute approximate surface area is 136 Å². The molecule has 23 heavy (non-hydrogen) atoms. The van der Waals surface area contributed by atoms with Crippen molar-refractivity contribution >= 4 is 5.97 Å². The molecular formula is C13H28N4O6. The lowest BCUT2D eigenvalue weighted by Gasteiger charge is -2.29.